The molecule has 1 aliphatic carbocycles. The van der Waals surface area contributed by atoms with Crippen molar-refractivity contribution in [1.82, 2.24) is 15.3 Å². The highest BCUT2D eigenvalue weighted by Crippen LogP contribution is 2.35. The largest absolute Gasteiger partial charge is 0.481 e. The molecule has 0 aliphatic heterocycles. The molecule has 1 fully saturated rings. The molecule has 2 heterocycles. The van der Waals surface area contributed by atoms with Crippen molar-refractivity contribution in [2.75, 3.05) is 7.11 Å². The van der Waals surface area contributed by atoms with Crippen molar-refractivity contribution in [2.24, 2.45) is 0 Å². The highest BCUT2D eigenvalue weighted by molar-refractivity contribution is 8.01. The molecule has 24 heavy (non-hydrogen) atoms. The lowest BCUT2D eigenvalue weighted by Gasteiger charge is -2.28. The molecule has 0 radical (unpaired) electrons. The number of hydrogen-bond acceptors (Lipinski definition) is 6. The van der Waals surface area contributed by atoms with Crippen LogP contribution in [0.3, 0.4) is 0 Å². The lowest BCUT2D eigenvalue weighted by Crippen LogP contribution is -2.38. The maximum Gasteiger partial charge on any atom is 0.270 e. The van der Waals surface area contributed by atoms with Crippen molar-refractivity contribution in [3.05, 3.63) is 35.0 Å². The number of aryl methyl sites for hydroxylation is 1. The minimum absolute atomic E-state index is 0.124. The Morgan fingerprint density at radius 2 is 2.08 bits per heavy atom. The number of hydrogen-bond donors (Lipinski definition) is 1. The summed E-state index contributed by atoms with van der Waals surface area (Å²) >= 11 is 3.59. The molecule has 3 rings (SSSR count). The molecule has 7 heteroatoms. The second kappa shape index (κ2) is 7.98. The maximum atomic E-state index is 12.3. The van der Waals surface area contributed by atoms with Crippen LogP contribution in [0.2, 0.25) is 0 Å². The predicted octanol–water partition coefficient (Wildman–Crippen LogP) is 3.69. The van der Waals surface area contributed by atoms with Crippen LogP contribution in [0.1, 0.15) is 41.9 Å². The Hall–Kier alpha value is -1.60. The fourth-order valence-corrected chi connectivity index (χ4v) is 5.05. The van der Waals surface area contributed by atoms with Crippen molar-refractivity contribution in [2.45, 2.75) is 48.2 Å². The number of nitrogens with one attached hydrogen (secondary N) is 1. The molecule has 5 nitrogen and oxygen atoms in total. The van der Waals surface area contributed by atoms with Gasteiger partial charge in [-0.05, 0) is 38.7 Å². The number of thioether (sulfide) groups is 1. The van der Waals surface area contributed by atoms with Gasteiger partial charge < -0.3 is 10.1 Å². The zero-order chi connectivity index (χ0) is 16.9. The predicted molar refractivity (Wildman–Crippen MR) is 97.0 cm³/mol. The van der Waals surface area contributed by atoms with E-state index >= 15 is 0 Å². The molecule has 0 aromatic carbocycles. The molecular weight excluding hydrogens is 342 g/mol. The third-order valence-corrected chi connectivity index (χ3v) is 6.47. The molecule has 0 bridgehead atoms. The Kier molecular flexibility index (Phi) is 5.73. The van der Waals surface area contributed by atoms with E-state index in [1.54, 1.807) is 36.6 Å². The van der Waals surface area contributed by atoms with Crippen LogP contribution in [-0.4, -0.2) is 34.3 Å². The van der Waals surface area contributed by atoms with Crippen LogP contribution in [-0.2, 0) is 0 Å². The van der Waals surface area contributed by atoms with Crippen molar-refractivity contribution in [3.63, 3.8) is 0 Å². The summed E-state index contributed by atoms with van der Waals surface area (Å²) in [6.07, 6.45) is 4.19. The summed E-state index contributed by atoms with van der Waals surface area (Å²) in [5.41, 5.74) is 1.50. The average Bonchev–Trinajstić information content (AvgIpc) is 3.01. The van der Waals surface area contributed by atoms with Crippen molar-refractivity contribution in [1.29, 1.82) is 0 Å². The number of nitrogens with zero attached hydrogens (tertiary/aromatic N) is 2. The first-order valence-electron chi connectivity index (χ1n) is 8.04. The van der Waals surface area contributed by atoms with Crippen LogP contribution in [0, 0.1) is 6.92 Å². The van der Waals surface area contributed by atoms with Crippen LogP contribution in [0.25, 0.3) is 0 Å². The lowest BCUT2D eigenvalue weighted by molar-refractivity contribution is 0.0922. The highest BCUT2D eigenvalue weighted by Gasteiger charge is 2.24. The van der Waals surface area contributed by atoms with Gasteiger partial charge in [0.15, 0.2) is 0 Å². The smallest absolute Gasteiger partial charge is 0.270 e. The van der Waals surface area contributed by atoms with Crippen molar-refractivity contribution < 1.29 is 9.53 Å². The quantitative estimate of drug-likeness (QED) is 0.878. The molecule has 2 aromatic heterocycles. The van der Waals surface area contributed by atoms with Gasteiger partial charge in [0.1, 0.15) is 10.0 Å². The SMILES string of the molecule is COc1cccc(C(=O)NC2CCC(Sc3nc(C)cs3)CC2)n1. The average molecular weight is 364 g/mol. The molecule has 0 spiro atoms. The van der Waals surface area contributed by atoms with Crippen molar-refractivity contribution >= 4 is 29.0 Å². The Labute approximate surface area is 150 Å². The summed E-state index contributed by atoms with van der Waals surface area (Å²) in [6.45, 7) is 2.03. The Morgan fingerprint density at radius 3 is 2.75 bits per heavy atom. The molecule has 1 saturated carbocycles. The van der Waals surface area contributed by atoms with Gasteiger partial charge in [-0.25, -0.2) is 9.97 Å². The number of methoxy groups -OCH3 is 1. The van der Waals surface area contributed by atoms with Crippen LogP contribution in [0.15, 0.2) is 27.9 Å². The zero-order valence-electron chi connectivity index (χ0n) is 13.8. The van der Waals surface area contributed by atoms with Gasteiger partial charge in [0.25, 0.3) is 5.91 Å². The van der Waals surface area contributed by atoms with E-state index in [2.05, 4.69) is 20.7 Å². The summed E-state index contributed by atoms with van der Waals surface area (Å²) in [5, 5.41) is 5.78. The van der Waals surface area contributed by atoms with E-state index in [1.165, 1.54) is 0 Å². The molecular formula is C17H21N3O2S2. The first-order valence-corrected chi connectivity index (χ1v) is 9.80. The Balaban J connectivity index is 1.48. The third-order valence-electron chi connectivity index (χ3n) is 4.04. The van der Waals surface area contributed by atoms with E-state index in [-0.39, 0.29) is 11.9 Å². The number of thiazole rings is 1. The van der Waals surface area contributed by atoms with Gasteiger partial charge in [0.2, 0.25) is 5.88 Å². The molecule has 128 valence electrons. The van der Waals surface area contributed by atoms with Crippen LogP contribution in [0.4, 0.5) is 0 Å². The van der Waals surface area contributed by atoms with Crippen LogP contribution < -0.4 is 10.1 Å². The van der Waals surface area contributed by atoms with E-state index in [0.717, 1.165) is 35.7 Å². The van der Waals surface area contributed by atoms with Gasteiger partial charge in [0.05, 0.1) is 7.11 Å². The van der Waals surface area contributed by atoms with Gasteiger partial charge in [-0.3, -0.25) is 4.79 Å². The summed E-state index contributed by atoms with van der Waals surface area (Å²) in [7, 11) is 1.55. The number of carbonyl (C=O) groups is 1. The topological polar surface area (TPSA) is 64.1 Å². The number of ether oxygens (including phenoxy) is 1. The Bertz CT molecular complexity index is 697. The van der Waals surface area contributed by atoms with Gasteiger partial charge in [-0.1, -0.05) is 17.8 Å². The summed E-state index contributed by atoms with van der Waals surface area (Å²) in [5.74, 6) is 0.335. The second-order valence-electron chi connectivity index (χ2n) is 5.88. The maximum absolute atomic E-state index is 12.3. The normalized spacial score (nSPS) is 20.6. The zero-order valence-corrected chi connectivity index (χ0v) is 15.5. The van der Waals surface area contributed by atoms with Crippen LogP contribution >= 0.6 is 23.1 Å². The van der Waals surface area contributed by atoms with E-state index in [0.29, 0.717) is 16.8 Å². The lowest BCUT2D eigenvalue weighted by atomic mass is 9.95. The highest BCUT2D eigenvalue weighted by atomic mass is 32.2. The molecule has 0 saturated heterocycles. The number of aromatic nitrogens is 2. The van der Waals surface area contributed by atoms with Gasteiger partial charge in [0, 0.05) is 28.4 Å². The fourth-order valence-electron chi connectivity index (χ4n) is 2.77. The summed E-state index contributed by atoms with van der Waals surface area (Å²) in [4.78, 5) is 21.0. The van der Waals surface area contributed by atoms with E-state index in [9.17, 15) is 4.79 Å². The first-order chi connectivity index (χ1) is 11.6. The monoisotopic (exact) mass is 363 g/mol. The standard InChI is InChI=1S/C17H21N3O2S2/c1-11-10-23-17(18-11)24-13-8-6-12(7-9-13)19-16(21)14-4-3-5-15(20-14)22-2/h3-5,10,12-13H,6-9H2,1-2H3,(H,19,21). The number of carbonyl (C=O) groups excluding carboxylic acids is 1. The van der Waals surface area contributed by atoms with Gasteiger partial charge in [-0.15, -0.1) is 11.3 Å². The second-order valence-corrected chi connectivity index (χ2v) is 8.29. The molecule has 1 amide bonds. The van der Waals surface area contributed by atoms with Crippen molar-refractivity contribution in [3.8, 4) is 5.88 Å². The molecule has 1 aliphatic rings. The number of amides is 1. The first kappa shape index (κ1) is 17.2. The van der Waals surface area contributed by atoms with Crippen LogP contribution in [0.5, 0.6) is 5.88 Å². The molecule has 0 atom stereocenters. The van der Waals surface area contributed by atoms with Gasteiger partial charge in [-0.2, -0.15) is 0 Å². The minimum Gasteiger partial charge on any atom is -0.481 e. The third kappa shape index (κ3) is 4.48. The van der Waals surface area contributed by atoms with Gasteiger partial charge >= 0.3 is 0 Å². The Morgan fingerprint density at radius 1 is 1.29 bits per heavy atom. The molecule has 0 unspecified atom stereocenters. The van der Waals surface area contributed by atoms with E-state index in [1.807, 2.05) is 18.7 Å². The number of rotatable bonds is 5. The van der Waals surface area contributed by atoms with E-state index < -0.39 is 0 Å². The molecule has 1 N–H and O–H groups in total. The fraction of sp³-hybridized carbons (Fsp3) is 0.471. The van der Waals surface area contributed by atoms with E-state index in [4.69, 9.17) is 4.74 Å². The summed E-state index contributed by atoms with van der Waals surface area (Å²) in [6, 6.07) is 5.45. The number of pyridine rings is 1. The molecule has 2 aromatic rings. The minimum atomic E-state index is -0.124. The summed E-state index contributed by atoms with van der Waals surface area (Å²) < 4.78 is 6.22.